The van der Waals surface area contributed by atoms with E-state index in [9.17, 15) is 19.2 Å². The molecular weight excluding hydrogens is 362 g/mol. The zero-order valence-corrected chi connectivity index (χ0v) is 15.7. The molecule has 0 radical (unpaired) electrons. The first-order chi connectivity index (χ1) is 13.4. The van der Waals surface area contributed by atoms with Crippen LogP contribution < -0.4 is 16.7 Å². The van der Waals surface area contributed by atoms with Crippen molar-refractivity contribution in [2.45, 2.75) is 37.6 Å². The Morgan fingerprint density at radius 2 is 1.82 bits per heavy atom. The van der Waals surface area contributed by atoms with E-state index in [2.05, 4.69) is 5.32 Å². The Bertz CT molecular complexity index is 1030. The number of carbonyl (C=O) groups is 3. The Morgan fingerprint density at radius 3 is 2.46 bits per heavy atom. The van der Waals surface area contributed by atoms with Gasteiger partial charge < -0.3 is 10.6 Å². The van der Waals surface area contributed by atoms with Crippen molar-refractivity contribution in [1.29, 1.82) is 0 Å². The van der Waals surface area contributed by atoms with E-state index in [4.69, 9.17) is 5.73 Å². The van der Waals surface area contributed by atoms with Crippen molar-refractivity contribution in [3.8, 4) is 0 Å². The average molecular weight is 385 g/mol. The molecular formula is C19H23N5O4. The molecule has 0 spiro atoms. The molecule has 28 heavy (non-hydrogen) atoms. The lowest BCUT2D eigenvalue weighted by molar-refractivity contribution is -0.135. The SMILES string of the molecule is Cn1c(=O)n(C2CCC(=O)NC2=O)c2ccc(C3CCN(C(N)=O)CC3)cc21. The number of carbonyl (C=O) groups excluding carboxylic acids is 3. The van der Waals surface area contributed by atoms with Gasteiger partial charge in [0.25, 0.3) is 0 Å². The van der Waals surface area contributed by atoms with E-state index in [0.717, 1.165) is 23.9 Å². The number of nitrogens with two attached hydrogens (primary N) is 1. The number of imide groups is 1. The lowest BCUT2D eigenvalue weighted by Gasteiger charge is -2.31. The van der Waals surface area contributed by atoms with E-state index in [1.54, 1.807) is 16.5 Å². The molecule has 2 aliphatic rings. The number of fused-ring (bicyclic) bond motifs is 1. The van der Waals surface area contributed by atoms with Gasteiger partial charge in [0, 0.05) is 26.6 Å². The Balaban J connectivity index is 1.67. The van der Waals surface area contributed by atoms with Crippen LogP contribution in [0.5, 0.6) is 0 Å². The first-order valence-electron chi connectivity index (χ1n) is 9.45. The highest BCUT2D eigenvalue weighted by atomic mass is 16.2. The lowest BCUT2D eigenvalue weighted by Crippen LogP contribution is -2.44. The molecule has 3 heterocycles. The van der Waals surface area contributed by atoms with Gasteiger partial charge in [-0.3, -0.25) is 24.0 Å². The maximum absolute atomic E-state index is 12.8. The molecule has 1 aromatic carbocycles. The highest BCUT2D eigenvalue weighted by Gasteiger charge is 2.31. The molecule has 0 saturated carbocycles. The van der Waals surface area contributed by atoms with E-state index < -0.39 is 18.0 Å². The fraction of sp³-hybridized carbons (Fsp3) is 0.474. The monoisotopic (exact) mass is 385 g/mol. The molecule has 9 heteroatoms. The van der Waals surface area contributed by atoms with Gasteiger partial charge in [-0.25, -0.2) is 9.59 Å². The minimum absolute atomic E-state index is 0.218. The number of aryl methyl sites for hydroxylation is 1. The molecule has 2 saturated heterocycles. The van der Waals surface area contributed by atoms with Crippen molar-refractivity contribution in [2.24, 2.45) is 12.8 Å². The molecule has 2 aromatic rings. The minimum atomic E-state index is -0.682. The van der Waals surface area contributed by atoms with E-state index in [0.29, 0.717) is 25.0 Å². The summed E-state index contributed by atoms with van der Waals surface area (Å²) in [5.74, 6) is -0.457. The van der Waals surface area contributed by atoms with Crippen LogP contribution in [0.2, 0.25) is 0 Å². The van der Waals surface area contributed by atoms with E-state index >= 15 is 0 Å². The standard InChI is InChI=1S/C19H23N5O4/c1-22-15-10-12(11-6-8-23(9-7-11)18(20)27)2-3-13(15)24(19(22)28)14-4-5-16(25)21-17(14)26/h2-3,10-11,14H,4-9H2,1H3,(H2,20,27)(H,21,25,26). The van der Waals surface area contributed by atoms with Gasteiger partial charge in [-0.1, -0.05) is 6.07 Å². The van der Waals surface area contributed by atoms with Gasteiger partial charge in [0.1, 0.15) is 6.04 Å². The second-order valence-electron chi connectivity index (χ2n) is 7.53. The number of aromatic nitrogens is 2. The first-order valence-corrected chi connectivity index (χ1v) is 9.45. The molecule has 0 bridgehead atoms. The number of imidazole rings is 1. The number of hydrogen-bond donors (Lipinski definition) is 2. The van der Waals surface area contributed by atoms with Crippen LogP contribution in [0.3, 0.4) is 0 Å². The Labute approximate surface area is 161 Å². The fourth-order valence-electron chi connectivity index (χ4n) is 4.30. The zero-order chi connectivity index (χ0) is 20.0. The average Bonchev–Trinajstić information content (AvgIpc) is 2.92. The third-order valence-corrected chi connectivity index (χ3v) is 5.91. The normalized spacial score (nSPS) is 21.2. The van der Waals surface area contributed by atoms with Crippen molar-refractivity contribution in [3.63, 3.8) is 0 Å². The van der Waals surface area contributed by atoms with Crippen LogP contribution in [0.1, 0.15) is 43.2 Å². The van der Waals surface area contributed by atoms with Crippen molar-refractivity contribution < 1.29 is 14.4 Å². The topological polar surface area (TPSA) is 119 Å². The number of rotatable bonds is 2. The predicted molar refractivity (Wildman–Crippen MR) is 102 cm³/mol. The summed E-state index contributed by atoms with van der Waals surface area (Å²) in [6.07, 6.45) is 2.17. The maximum atomic E-state index is 12.8. The number of nitrogens with zero attached hydrogens (tertiary/aromatic N) is 3. The summed E-state index contributed by atoms with van der Waals surface area (Å²) in [7, 11) is 1.69. The third kappa shape index (κ3) is 2.96. The number of hydrogen-bond acceptors (Lipinski definition) is 4. The van der Waals surface area contributed by atoms with Gasteiger partial charge in [0.05, 0.1) is 11.0 Å². The second-order valence-corrected chi connectivity index (χ2v) is 7.53. The van der Waals surface area contributed by atoms with Crippen LogP contribution in [0.25, 0.3) is 11.0 Å². The van der Waals surface area contributed by atoms with E-state index in [1.807, 2.05) is 18.2 Å². The van der Waals surface area contributed by atoms with Gasteiger partial charge in [-0.05, 0) is 42.9 Å². The number of nitrogens with one attached hydrogen (secondary N) is 1. The molecule has 1 unspecified atom stereocenters. The Hall–Kier alpha value is -3.10. The molecule has 9 nitrogen and oxygen atoms in total. The number of urea groups is 1. The zero-order valence-electron chi connectivity index (χ0n) is 15.7. The molecule has 2 aliphatic heterocycles. The predicted octanol–water partition coefficient (Wildman–Crippen LogP) is 0.576. The molecule has 2 fully saturated rings. The van der Waals surface area contributed by atoms with Gasteiger partial charge in [-0.15, -0.1) is 0 Å². The van der Waals surface area contributed by atoms with Crippen LogP contribution in [0.15, 0.2) is 23.0 Å². The first kappa shape index (κ1) is 18.3. The van der Waals surface area contributed by atoms with Gasteiger partial charge in [-0.2, -0.15) is 0 Å². The highest BCUT2D eigenvalue weighted by molar-refractivity contribution is 6.00. The Morgan fingerprint density at radius 1 is 1.11 bits per heavy atom. The molecule has 4 rings (SSSR count). The van der Waals surface area contributed by atoms with Crippen LogP contribution in [-0.4, -0.2) is 45.0 Å². The lowest BCUT2D eigenvalue weighted by atomic mass is 9.89. The quantitative estimate of drug-likeness (QED) is 0.735. The number of amides is 4. The van der Waals surface area contributed by atoms with Gasteiger partial charge >= 0.3 is 11.7 Å². The number of benzene rings is 1. The van der Waals surface area contributed by atoms with Crippen molar-refractivity contribution >= 4 is 28.9 Å². The largest absolute Gasteiger partial charge is 0.351 e. The molecule has 1 atom stereocenters. The number of primary amides is 1. The maximum Gasteiger partial charge on any atom is 0.329 e. The minimum Gasteiger partial charge on any atom is -0.351 e. The molecule has 148 valence electrons. The molecule has 0 aliphatic carbocycles. The van der Waals surface area contributed by atoms with Gasteiger partial charge in [0.15, 0.2) is 0 Å². The summed E-state index contributed by atoms with van der Waals surface area (Å²) in [4.78, 5) is 49.5. The highest BCUT2D eigenvalue weighted by Crippen LogP contribution is 2.31. The van der Waals surface area contributed by atoms with Crippen molar-refractivity contribution in [1.82, 2.24) is 19.4 Å². The number of piperidine rings is 2. The van der Waals surface area contributed by atoms with Crippen molar-refractivity contribution in [3.05, 3.63) is 34.2 Å². The van der Waals surface area contributed by atoms with Crippen LogP contribution in [-0.2, 0) is 16.6 Å². The van der Waals surface area contributed by atoms with Gasteiger partial charge in [0.2, 0.25) is 11.8 Å². The molecule has 3 N–H and O–H groups in total. The van der Waals surface area contributed by atoms with Crippen LogP contribution >= 0.6 is 0 Å². The number of likely N-dealkylation sites (tertiary alicyclic amines) is 1. The summed E-state index contributed by atoms with van der Waals surface area (Å²) >= 11 is 0. The summed E-state index contributed by atoms with van der Waals surface area (Å²) < 4.78 is 3.03. The van der Waals surface area contributed by atoms with Crippen molar-refractivity contribution in [2.75, 3.05) is 13.1 Å². The van der Waals surface area contributed by atoms with E-state index in [1.165, 1.54) is 4.57 Å². The van der Waals surface area contributed by atoms with Crippen LogP contribution in [0, 0.1) is 0 Å². The second kappa shape index (κ2) is 6.81. The summed E-state index contributed by atoms with van der Waals surface area (Å²) in [6.45, 7) is 1.24. The summed E-state index contributed by atoms with van der Waals surface area (Å²) in [5.41, 5.74) is 7.61. The summed E-state index contributed by atoms with van der Waals surface area (Å²) in [6, 6.07) is 4.77. The van der Waals surface area contributed by atoms with Crippen LogP contribution in [0.4, 0.5) is 4.79 Å². The van der Waals surface area contributed by atoms with E-state index in [-0.39, 0.29) is 23.9 Å². The third-order valence-electron chi connectivity index (χ3n) is 5.91. The fourth-order valence-corrected chi connectivity index (χ4v) is 4.30. The molecule has 1 aromatic heterocycles. The molecule has 4 amide bonds. The summed E-state index contributed by atoms with van der Waals surface area (Å²) in [5, 5.41) is 2.32. The smallest absolute Gasteiger partial charge is 0.329 e. The Kier molecular flexibility index (Phi) is 4.44.